The minimum atomic E-state index is 0.0172. The van der Waals surface area contributed by atoms with Crippen LogP contribution in [-0.4, -0.2) is 42.0 Å². The van der Waals surface area contributed by atoms with E-state index in [0.717, 1.165) is 15.9 Å². The first kappa shape index (κ1) is 17.4. The summed E-state index contributed by atoms with van der Waals surface area (Å²) in [6.45, 7) is 2.62. The third kappa shape index (κ3) is 3.20. The molecule has 1 aromatic heterocycles. The Kier molecular flexibility index (Phi) is 4.65. The summed E-state index contributed by atoms with van der Waals surface area (Å²) in [5.41, 5.74) is 8.24. The maximum absolute atomic E-state index is 12.6. The summed E-state index contributed by atoms with van der Waals surface area (Å²) >= 11 is 13.8. The highest BCUT2D eigenvalue weighted by molar-refractivity contribution is 7.22. The largest absolute Gasteiger partial charge is 0.375 e. The first-order chi connectivity index (χ1) is 12.5. The van der Waals surface area contributed by atoms with Crippen molar-refractivity contribution in [3.05, 3.63) is 52.0 Å². The van der Waals surface area contributed by atoms with E-state index in [4.69, 9.17) is 28.9 Å². The average molecular weight is 407 g/mol. The van der Waals surface area contributed by atoms with Crippen LogP contribution >= 0.6 is 34.5 Å². The lowest BCUT2D eigenvalue weighted by Crippen LogP contribution is -2.49. The van der Waals surface area contributed by atoms with Gasteiger partial charge in [-0.25, -0.2) is 4.98 Å². The van der Waals surface area contributed by atoms with Crippen molar-refractivity contribution in [2.45, 2.75) is 0 Å². The van der Waals surface area contributed by atoms with Crippen LogP contribution in [0.1, 0.15) is 10.4 Å². The highest BCUT2D eigenvalue weighted by Gasteiger charge is 2.25. The summed E-state index contributed by atoms with van der Waals surface area (Å²) in [6.07, 6.45) is 0. The highest BCUT2D eigenvalue weighted by atomic mass is 35.5. The van der Waals surface area contributed by atoms with Crippen molar-refractivity contribution in [2.75, 3.05) is 36.8 Å². The lowest BCUT2D eigenvalue weighted by Gasteiger charge is -2.36. The number of anilines is 2. The highest BCUT2D eigenvalue weighted by Crippen LogP contribution is 2.37. The summed E-state index contributed by atoms with van der Waals surface area (Å²) in [5, 5.41) is 1.80. The van der Waals surface area contributed by atoms with Crippen molar-refractivity contribution in [1.82, 2.24) is 9.88 Å². The molecule has 1 aliphatic rings. The van der Waals surface area contributed by atoms with Gasteiger partial charge in [0, 0.05) is 36.8 Å². The van der Waals surface area contributed by atoms with E-state index in [1.165, 1.54) is 11.3 Å². The summed E-state index contributed by atoms with van der Waals surface area (Å²) in [5.74, 6) is 0.0172. The number of fused-ring (bicyclic) bond motifs is 1. The fraction of sp³-hybridized carbons (Fsp3) is 0.222. The molecule has 8 heteroatoms. The molecular weight excluding hydrogens is 391 g/mol. The Morgan fingerprint density at radius 2 is 1.73 bits per heavy atom. The van der Waals surface area contributed by atoms with Crippen molar-refractivity contribution in [3.8, 4) is 0 Å². The number of amides is 1. The molecule has 1 saturated heterocycles. The quantitative estimate of drug-likeness (QED) is 0.694. The maximum atomic E-state index is 12.6. The van der Waals surface area contributed by atoms with Crippen molar-refractivity contribution in [3.63, 3.8) is 0 Å². The molecule has 0 unspecified atom stereocenters. The van der Waals surface area contributed by atoms with Crippen LogP contribution in [0.25, 0.3) is 10.2 Å². The molecule has 1 amide bonds. The molecule has 0 atom stereocenters. The van der Waals surface area contributed by atoms with Crippen LogP contribution in [0.15, 0.2) is 36.4 Å². The summed E-state index contributed by atoms with van der Waals surface area (Å²) in [6, 6.07) is 10.8. The van der Waals surface area contributed by atoms with Crippen LogP contribution in [0.5, 0.6) is 0 Å². The molecule has 2 aromatic carbocycles. The van der Waals surface area contributed by atoms with Gasteiger partial charge in [0.05, 0.1) is 15.4 Å². The van der Waals surface area contributed by atoms with Crippen molar-refractivity contribution < 1.29 is 4.79 Å². The van der Waals surface area contributed by atoms with Crippen molar-refractivity contribution in [1.29, 1.82) is 0 Å². The second kappa shape index (κ2) is 6.95. The van der Waals surface area contributed by atoms with E-state index >= 15 is 0 Å². The Morgan fingerprint density at radius 3 is 2.42 bits per heavy atom. The number of halogens is 2. The molecular formula is C18H16Cl2N4OS. The molecule has 2 heterocycles. The maximum Gasteiger partial charge on any atom is 0.253 e. The smallest absolute Gasteiger partial charge is 0.253 e. The lowest BCUT2D eigenvalue weighted by molar-refractivity contribution is 0.0747. The number of nitrogens with zero attached hydrogens (tertiary/aromatic N) is 3. The number of rotatable bonds is 2. The summed E-state index contributed by atoms with van der Waals surface area (Å²) in [7, 11) is 0. The van der Waals surface area contributed by atoms with Crippen molar-refractivity contribution >= 4 is 61.5 Å². The second-order valence-electron chi connectivity index (χ2n) is 6.08. The van der Waals surface area contributed by atoms with E-state index in [2.05, 4.69) is 9.88 Å². The van der Waals surface area contributed by atoms with E-state index in [0.29, 0.717) is 46.9 Å². The van der Waals surface area contributed by atoms with E-state index in [-0.39, 0.29) is 5.91 Å². The van der Waals surface area contributed by atoms with Gasteiger partial charge >= 0.3 is 0 Å². The minimum absolute atomic E-state index is 0.0172. The lowest BCUT2D eigenvalue weighted by atomic mass is 10.1. The van der Waals surface area contributed by atoms with Gasteiger partial charge in [0.2, 0.25) is 0 Å². The van der Waals surface area contributed by atoms with Crippen LogP contribution in [-0.2, 0) is 0 Å². The van der Waals surface area contributed by atoms with E-state index in [1.807, 2.05) is 17.0 Å². The average Bonchev–Trinajstić information content (AvgIpc) is 3.02. The van der Waals surface area contributed by atoms with Crippen LogP contribution in [0, 0.1) is 0 Å². The zero-order valence-electron chi connectivity index (χ0n) is 13.8. The zero-order chi connectivity index (χ0) is 18.3. The van der Waals surface area contributed by atoms with Gasteiger partial charge < -0.3 is 15.5 Å². The van der Waals surface area contributed by atoms with Crippen LogP contribution in [0.3, 0.4) is 0 Å². The van der Waals surface area contributed by atoms with E-state index < -0.39 is 0 Å². The predicted molar refractivity (Wildman–Crippen MR) is 109 cm³/mol. The molecule has 1 fully saturated rings. The summed E-state index contributed by atoms with van der Waals surface area (Å²) in [4.78, 5) is 21.1. The molecule has 4 rings (SSSR count). The molecule has 2 N–H and O–H groups in total. The van der Waals surface area contributed by atoms with Gasteiger partial charge in [0.15, 0.2) is 5.13 Å². The molecule has 3 aromatic rings. The molecule has 0 saturated carbocycles. The molecule has 0 spiro atoms. The molecule has 0 aliphatic carbocycles. The van der Waals surface area contributed by atoms with Gasteiger partial charge in [0.1, 0.15) is 5.52 Å². The Morgan fingerprint density at radius 1 is 1.04 bits per heavy atom. The standard InChI is InChI=1S/C18H16Cl2N4OS/c19-12-3-1-11(2-4-12)17(25)24-9-7-23(8-10-24)16-13(20)5-6-14-15(16)22-18(21)26-14/h1-6H,7-10H2,(H2,21,22). The monoisotopic (exact) mass is 406 g/mol. The molecule has 0 bridgehead atoms. The van der Waals surface area contributed by atoms with Gasteiger partial charge in [0.25, 0.3) is 5.91 Å². The first-order valence-corrected chi connectivity index (χ1v) is 9.74. The van der Waals surface area contributed by atoms with Crippen LogP contribution < -0.4 is 10.6 Å². The second-order valence-corrected chi connectivity index (χ2v) is 7.99. The number of carbonyl (C=O) groups excluding carboxylic acids is 1. The number of thiazole rings is 1. The van der Waals surface area contributed by atoms with Gasteiger partial charge in [-0.3, -0.25) is 4.79 Å². The van der Waals surface area contributed by atoms with Gasteiger partial charge in [-0.2, -0.15) is 0 Å². The molecule has 0 radical (unpaired) electrons. The Bertz CT molecular complexity index is 965. The SMILES string of the molecule is Nc1nc2c(N3CCN(C(=O)c4ccc(Cl)cc4)CC3)c(Cl)ccc2s1. The third-order valence-corrected chi connectivity index (χ3v) is 5.88. The zero-order valence-corrected chi connectivity index (χ0v) is 16.1. The topological polar surface area (TPSA) is 62.5 Å². The molecule has 1 aliphatic heterocycles. The third-order valence-electron chi connectivity index (χ3n) is 4.48. The van der Waals surface area contributed by atoms with Gasteiger partial charge in [-0.05, 0) is 36.4 Å². The number of benzene rings is 2. The molecule has 134 valence electrons. The summed E-state index contributed by atoms with van der Waals surface area (Å²) < 4.78 is 1.02. The number of carbonyl (C=O) groups is 1. The fourth-order valence-electron chi connectivity index (χ4n) is 3.18. The molecule has 26 heavy (non-hydrogen) atoms. The number of nitrogen functional groups attached to an aromatic ring is 1. The Hall–Kier alpha value is -2.02. The number of nitrogens with two attached hydrogens (primary N) is 1. The number of hydrogen-bond acceptors (Lipinski definition) is 5. The predicted octanol–water partition coefficient (Wildman–Crippen LogP) is 4.15. The molecule has 5 nitrogen and oxygen atoms in total. The van der Waals surface area contributed by atoms with Crippen molar-refractivity contribution in [2.24, 2.45) is 0 Å². The fourth-order valence-corrected chi connectivity index (χ4v) is 4.32. The van der Waals surface area contributed by atoms with Gasteiger partial charge in [-0.15, -0.1) is 0 Å². The number of piperazine rings is 1. The Balaban J connectivity index is 1.53. The van der Waals surface area contributed by atoms with E-state index in [1.54, 1.807) is 24.3 Å². The van der Waals surface area contributed by atoms with Gasteiger partial charge in [-0.1, -0.05) is 34.5 Å². The Labute approximate surface area is 164 Å². The van der Waals surface area contributed by atoms with Crippen LogP contribution in [0.4, 0.5) is 10.8 Å². The minimum Gasteiger partial charge on any atom is -0.375 e. The first-order valence-electron chi connectivity index (χ1n) is 8.17. The van der Waals surface area contributed by atoms with E-state index in [9.17, 15) is 4.79 Å². The van der Waals surface area contributed by atoms with Crippen LogP contribution in [0.2, 0.25) is 10.0 Å². The normalized spacial score (nSPS) is 14.8. The number of hydrogen-bond donors (Lipinski definition) is 1. The number of aromatic nitrogens is 1.